The minimum atomic E-state index is -0.313. The van der Waals surface area contributed by atoms with Gasteiger partial charge >= 0.3 is 0 Å². The zero-order chi connectivity index (χ0) is 13.8. The van der Waals surface area contributed by atoms with E-state index in [-0.39, 0.29) is 12.3 Å². The summed E-state index contributed by atoms with van der Waals surface area (Å²) in [5, 5.41) is 7.62. The predicted octanol–water partition coefficient (Wildman–Crippen LogP) is 1.37. The number of aromatic nitrogens is 2. The lowest BCUT2D eigenvalue weighted by Crippen LogP contribution is -2.13. The lowest BCUT2D eigenvalue weighted by Gasteiger charge is -2.06. The first-order chi connectivity index (χ1) is 9.04. The van der Waals surface area contributed by atoms with Crippen LogP contribution in [-0.2, 0) is 24.8 Å². The Labute approximate surface area is 112 Å². The zero-order valence-electron chi connectivity index (χ0n) is 11.2. The third kappa shape index (κ3) is 3.58. The van der Waals surface area contributed by atoms with Gasteiger partial charge in [0, 0.05) is 31.0 Å². The Kier molecular flexibility index (Phi) is 3.85. The minimum absolute atomic E-state index is 0.280. The average Bonchev–Trinajstić information content (AvgIpc) is 2.66. The van der Waals surface area contributed by atoms with Crippen molar-refractivity contribution < 1.29 is 4.79 Å². The van der Waals surface area contributed by atoms with Crippen LogP contribution in [0.3, 0.4) is 0 Å². The molecule has 3 N–H and O–H groups in total. The summed E-state index contributed by atoms with van der Waals surface area (Å²) >= 11 is 0. The molecule has 19 heavy (non-hydrogen) atoms. The molecule has 5 nitrogen and oxygen atoms in total. The van der Waals surface area contributed by atoms with Gasteiger partial charge in [0.05, 0.1) is 12.1 Å². The number of carbonyl (C=O) groups is 1. The SMILES string of the molecule is Cc1nn(C)cc1CNc1ccc(CC(N)=O)cc1. The van der Waals surface area contributed by atoms with Crippen molar-refractivity contribution in [1.29, 1.82) is 0 Å². The van der Waals surface area contributed by atoms with E-state index in [2.05, 4.69) is 10.4 Å². The van der Waals surface area contributed by atoms with Crippen LogP contribution in [0.25, 0.3) is 0 Å². The summed E-state index contributed by atoms with van der Waals surface area (Å²) in [5.74, 6) is -0.313. The monoisotopic (exact) mass is 258 g/mol. The van der Waals surface area contributed by atoms with Gasteiger partial charge < -0.3 is 11.1 Å². The van der Waals surface area contributed by atoms with Crippen LogP contribution >= 0.6 is 0 Å². The van der Waals surface area contributed by atoms with Crippen molar-refractivity contribution in [3.63, 3.8) is 0 Å². The lowest BCUT2D eigenvalue weighted by atomic mass is 10.1. The van der Waals surface area contributed by atoms with Crippen molar-refractivity contribution in [3.05, 3.63) is 47.3 Å². The maximum atomic E-state index is 10.8. The molecule has 0 fully saturated rings. The number of hydrogen-bond donors (Lipinski definition) is 2. The molecule has 1 aromatic carbocycles. The summed E-state index contributed by atoms with van der Waals surface area (Å²) in [6.45, 7) is 2.72. The normalized spacial score (nSPS) is 10.4. The molecular formula is C14H18N4O. The van der Waals surface area contributed by atoms with Gasteiger partial charge in [0.15, 0.2) is 0 Å². The van der Waals surface area contributed by atoms with E-state index < -0.39 is 0 Å². The van der Waals surface area contributed by atoms with Gasteiger partial charge in [-0.3, -0.25) is 9.48 Å². The molecule has 2 aromatic rings. The molecule has 1 aromatic heterocycles. The predicted molar refractivity (Wildman–Crippen MR) is 74.6 cm³/mol. The molecule has 0 saturated heterocycles. The second-order valence-corrected chi connectivity index (χ2v) is 4.61. The number of aryl methyl sites for hydroxylation is 2. The molecule has 0 aliphatic rings. The van der Waals surface area contributed by atoms with Crippen molar-refractivity contribution in [1.82, 2.24) is 9.78 Å². The van der Waals surface area contributed by atoms with Crippen molar-refractivity contribution in [2.24, 2.45) is 12.8 Å². The van der Waals surface area contributed by atoms with Crippen LogP contribution in [0, 0.1) is 6.92 Å². The maximum Gasteiger partial charge on any atom is 0.221 e. The van der Waals surface area contributed by atoms with Gasteiger partial charge in [0.1, 0.15) is 0 Å². The number of rotatable bonds is 5. The number of hydrogen-bond acceptors (Lipinski definition) is 3. The first-order valence-electron chi connectivity index (χ1n) is 6.15. The second-order valence-electron chi connectivity index (χ2n) is 4.61. The number of anilines is 1. The molecule has 2 rings (SSSR count). The average molecular weight is 258 g/mol. The van der Waals surface area contributed by atoms with Crippen molar-refractivity contribution in [2.45, 2.75) is 19.9 Å². The standard InChI is InChI=1S/C14H18N4O/c1-10-12(9-18(2)17-10)8-16-13-5-3-11(4-6-13)7-14(15)19/h3-6,9,16H,7-8H2,1-2H3,(H2,15,19). The van der Waals surface area contributed by atoms with Gasteiger partial charge in [-0.1, -0.05) is 12.1 Å². The zero-order valence-corrected chi connectivity index (χ0v) is 11.2. The second kappa shape index (κ2) is 5.56. The Morgan fingerprint density at radius 1 is 1.37 bits per heavy atom. The quantitative estimate of drug-likeness (QED) is 0.850. The van der Waals surface area contributed by atoms with Gasteiger partial charge in [-0.15, -0.1) is 0 Å². The smallest absolute Gasteiger partial charge is 0.221 e. The molecule has 0 bridgehead atoms. The maximum absolute atomic E-state index is 10.8. The Balaban J connectivity index is 1.96. The van der Waals surface area contributed by atoms with Gasteiger partial charge in [-0.05, 0) is 24.6 Å². The highest BCUT2D eigenvalue weighted by Gasteiger charge is 2.03. The first kappa shape index (κ1) is 13.1. The van der Waals surface area contributed by atoms with Gasteiger partial charge in [-0.25, -0.2) is 0 Å². The third-order valence-corrected chi connectivity index (χ3v) is 2.93. The number of carbonyl (C=O) groups excluding carboxylic acids is 1. The molecule has 0 radical (unpaired) electrons. The largest absolute Gasteiger partial charge is 0.381 e. The molecule has 0 aliphatic heterocycles. The highest BCUT2D eigenvalue weighted by Crippen LogP contribution is 2.12. The van der Waals surface area contributed by atoms with E-state index in [0.29, 0.717) is 0 Å². The van der Waals surface area contributed by atoms with E-state index >= 15 is 0 Å². The minimum Gasteiger partial charge on any atom is -0.381 e. The fraction of sp³-hybridized carbons (Fsp3) is 0.286. The highest BCUT2D eigenvalue weighted by atomic mass is 16.1. The summed E-state index contributed by atoms with van der Waals surface area (Å²) in [6, 6.07) is 7.71. The van der Waals surface area contributed by atoms with Crippen LogP contribution in [0.2, 0.25) is 0 Å². The highest BCUT2D eigenvalue weighted by molar-refractivity contribution is 5.76. The van der Waals surface area contributed by atoms with Crippen LogP contribution in [0.1, 0.15) is 16.8 Å². The number of primary amides is 1. The summed E-state index contributed by atoms with van der Waals surface area (Å²) in [4.78, 5) is 10.8. The van der Waals surface area contributed by atoms with Gasteiger partial charge in [0.25, 0.3) is 0 Å². The van der Waals surface area contributed by atoms with E-state index in [4.69, 9.17) is 5.73 Å². The Hall–Kier alpha value is -2.30. The van der Waals surface area contributed by atoms with E-state index in [1.54, 1.807) is 0 Å². The van der Waals surface area contributed by atoms with Crippen molar-refractivity contribution in [3.8, 4) is 0 Å². The molecule has 0 saturated carbocycles. The Bertz CT molecular complexity index is 572. The van der Waals surface area contributed by atoms with Crippen LogP contribution in [-0.4, -0.2) is 15.7 Å². The van der Waals surface area contributed by atoms with Crippen LogP contribution in [0.4, 0.5) is 5.69 Å². The topological polar surface area (TPSA) is 72.9 Å². The molecule has 1 heterocycles. The van der Waals surface area contributed by atoms with Crippen molar-refractivity contribution >= 4 is 11.6 Å². The summed E-state index contributed by atoms with van der Waals surface area (Å²) < 4.78 is 1.81. The molecule has 5 heteroatoms. The van der Waals surface area contributed by atoms with Crippen molar-refractivity contribution in [2.75, 3.05) is 5.32 Å². The number of nitrogens with two attached hydrogens (primary N) is 1. The summed E-state index contributed by atoms with van der Waals surface area (Å²) in [5.41, 5.74) is 9.29. The number of benzene rings is 1. The Morgan fingerprint density at radius 2 is 2.05 bits per heavy atom. The van der Waals surface area contributed by atoms with Gasteiger partial charge in [0.2, 0.25) is 5.91 Å². The molecular weight excluding hydrogens is 240 g/mol. The third-order valence-electron chi connectivity index (χ3n) is 2.93. The Morgan fingerprint density at radius 3 is 2.58 bits per heavy atom. The van der Waals surface area contributed by atoms with Crippen LogP contribution in [0.5, 0.6) is 0 Å². The summed E-state index contributed by atoms with van der Waals surface area (Å²) in [6.07, 6.45) is 2.28. The lowest BCUT2D eigenvalue weighted by molar-refractivity contribution is -0.117. The molecule has 0 aliphatic carbocycles. The fourth-order valence-electron chi connectivity index (χ4n) is 1.96. The van der Waals surface area contributed by atoms with E-state index in [1.165, 1.54) is 5.56 Å². The molecule has 0 unspecified atom stereocenters. The number of nitrogens with zero attached hydrogens (tertiary/aromatic N) is 2. The number of amides is 1. The van der Waals surface area contributed by atoms with E-state index in [9.17, 15) is 4.79 Å². The van der Waals surface area contributed by atoms with Gasteiger partial charge in [-0.2, -0.15) is 5.10 Å². The van der Waals surface area contributed by atoms with E-state index in [1.807, 2.05) is 49.1 Å². The molecule has 0 atom stereocenters. The fourth-order valence-corrected chi connectivity index (χ4v) is 1.96. The van der Waals surface area contributed by atoms with Crippen LogP contribution < -0.4 is 11.1 Å². The first-order valence-corrected chi connectivity index (χ1v) is 6.15. The molecule has 0 spiro atoms. The number of nitrogens with one attached hydrogen (secondary N) is 1. The van der Waals surface area contributed by atoms with Crippen LogP contribution in [0.15, 0.2) is 30.5 Å². The molecule has 1 amide bonds. The summed E-state index contributed by atoms with van der Waals surface area (Å²) in [7, 11) is 1.91. The molecule has 100 valence electrons. The van der Waals surface area contributed by atoms with E-state index in [0.717, 1.165) is 23.5 Å².